The van der Waals surface area contributed by atoms with Gasteiger partial charge in [-0.3, -0.25) is 0 Å². The van der Waals surface area contributed by atoms with Crippen LogP contribution in [0.4, 0.5) is 4.39 Å². The van der Waals surface area contributed by atoms with Gasteiger partial charge in [0, 0.05) is 1.37 Å². The van der Waals surface area contributed by atoms with Gasteiger partial charge in [0.05, 0.1) is 0 Å². The average molecular weight is 175 g/mol. The molecule has 0 aliphatic heterocycles. The van der Waals surface area contributed by atoms with Crippen molar-refractivity contribution < 1.29 is 5.76 Å². The minimum Gasteiger partial charge on any atom is -0.244 e. The van der Waals surface area contributed by atoms with Crippen molar-refractivity contribution in [1.29, 1.82) is 0 Å². The molecule has 0 aliphatic rings. The summed E-state index contributed by atoms with van der Waals surface area (Å²) in [5.74, 6) is 0. The first-order valence-electron chi connectivity index (χ1n) is 5.35. The van der Waals surface area contributed by atoms with Crippen LogP contribution in [0.2, 0.25) is 0 Å². The lowest BCUT2D eigenvalue weighted by Gasteiger charge is -2.29. The first kappa shape index (κ1) is 10.0. The van der Waals surface area contributed by atoms with Crippen LogP contribution < -0.4 is 0 Å². The van der Waals surface area contributed by atoms with E-state index < -0.39 is 5.67 Å². The van der Waals surface area contributed by atoms with Crippen LogP contribution in [0.5, 0.6) is 0 Å². The minimum atomic E-state index is -1.11. The number of halogens is 1. The summed E-state index contributed by atoms with van der Waals surface area (Å²) in [5.41, 5.74) is -1.17. The van der Waals surface area contributed by atoms with Gasteiger partial charge in [0.15, 0.2) is 0 Å². The predicted octanol–water partition coefficient (Wildman–Crippen LogP) is 4.34. The van der Waals surface area contributed by atoms with E-state index in [1.165, 1.54) is 0 Å². The van der Waals surface area contributed by atoms with Gasteiger partial charge in [-0.15, -0.1) is 0 Å². The fourth-order valence-electron chi connectivity index (χ4n) is 1.75. The second-order valence-corrected chi connectivity index (χ2v) is 4.96. The molecule has 1 atom stereocenters. The van der Waals surface area contributed by atoms with Gasteiger partial charge < -0.3 is 0 Å². The summed E-state index contributed by atoms with van der Waals surface area (Å²) in [5, 5.41) is 0. The molecule has 0 radical (unpaired) electrons. The zero-order valence-corrected chi connectivity index (χ0v) is 9.08. The van der Waals surface area contributed by atoms with E-state index in [0.29, 0.717) is 6.42 Å². The van der Waals surface area contributed by atoms with Crippen LogP contribution in [0.3, 0.4) is 0 Å². The minimum absolute atomic E-state index is 0.0441. The van der Waals surface area contributed by atoms with Gasteiger partial charge in [-0.05, 0) is 32.1 Å². The Kier molecular flexibility index (Phi) is 3.54. The molecule has 0 aromatic carbocycles. The Hall–Kier alpha value is -0.0700. The average Bonchev–Trinajstić information content (AvgIpc) is 1.80. The molecule has 0 aliphatic carbocycles. The van der Waals surface area contributed by atoms with Gasteiger partial charge in [-0.25, -0.2) is 4.39 Å². The molecule has 74 valence electrons. The van der Waals surface area contributed by atoms with E-state index in [1.54, 1.807) is 13.8 Å². The van der Waals surface area contributed by atoms with Crippen LogP contribution in [0.1, 0.15) is 61.6 Å². The molecule has 0 heterocycles. The highest BCUT2D eigenvalue weighted by atomic mass is 19.1. The smallest absolute Gasteiger partial charge is 0.106 e. The predicted molar refractivity (Wildman–Crippen MR) is 53.1 cm³/mol. The Morgan fingerprint density at radius 3 is 2.08 bits per heavy atom. The highest BCUT2D eigenvalue weighted by Gasteiger charge is 2.27. The van der Waals surface area contributed by atoms with Crippen LogP contribution in [-0.4, -0.2) is 5.67 Å². The van der Waals surface area contributed by atoms with Crippen molar-refractivity contribution >= 4 is 0 Å². The van der Waals surface area contributed by atoms with E-state index in [-0.39, 0.29) is 11.8 Å². The van der Waals surface area contributed by atoms with Crippen molar-refractivity contribution in [2.45, 2.75) is 65.9 Å². The van der Waals surface area contributed by atoms with Gasteiger partial charge in [-0.1, -0.05) is 33.6 Å². The van der Waals surface area contributed by atoms with Crippen molar-refractivity contribution in [3.63, 3.8) is 0 Å². The van der Waals surface area contributed by atoms with Crippen LogP contribution in [0.15, 0.2) is 0 Å². The molecule has 0 rings (SSSR count). The summed E-state index contributed by atoms with van der Waals surface area (Å²) in [6.45, 7) is 9.32. The standard InChI is InChI=1S/C11H23F/c1-6-7-8-10(2,3)9-11(4,5)12/h6-9H2,1-5H3/i7D. The van der Waals surface area contributed by atoms with E-state index in [2.05, 4.69) is 0 Å². The summed E-state index contributed by atoms with van der Waals surface area (Å²) in [6, 6.07) is 0. The monoisotopic (exact) mass is 175 g/mol. The number of rotatable bonds is 5. The third-order valence-electron chi connectivity index (χ3n) is 1.88. The first-order valence-corrected chi connectivity index (χ1v) is 4.77. The fourth-order valence-corrected chi connectivity index (χ4v) is 1.75. The summed E-state index contributed by atoms with van der Waals surface area (Å²) < 4.78 is 21.0. The van der Waals surface area contributed by atoms with Crippen molar-refractivity contribution in [3.05, 3.63) is 0 Å². The highest BCUT2D eigenvalue weighted by molar-refractivity contribution is 4.78. The lowest BCUT2D eigenvalue weighted by molar-refractivity contribution is 0.121. The van der Waals surface area contributed by atoms with Crippen molar-refractivity contribution in [1.82, 2.24) is 0 Å². The van der Waals surface area contributed by atoms with Crippen LogP contribution >= 0.6 is 0 Å². The summed E-state index contributed by atoms with van der Waals surface area (Å²) in [7, 11) is 0. The van der Waals surface area contributed by atoms with Gasteiger partial charge >= 0.3 is 0 Å². The Bertz CT molecular complexity index is 147. The molecule has 0 bridgehead atoms. The molecule has 0 saturated carbocycles. The fraction of sp³-hybridized carbons (Fsp3) is 1.00. The SMILES string of the molecule is [2H]C(CC)CC(C)(C)CC(C)(C)F. The Labute approximate surface area is 78.0 Å². The lowest BCUT2D eigenvalue weighted by atomic mass is 9.79. The van der Waals surface area contributed by atoms with Crippen LogP contribution in [0, 0.1) is 5.41 Å². The van der Waals surface area contributed by atoms with Crippen molar-refractivity contribution in [2.24, 2.45) is 5.41 Å². The first-order chi connectivity index (χ1) is 5.66. The van der Waals surface area contributed by atoms with E-state index in [9.17, 15) is 4.39 Å². The van der Waals surface area contributed by atoms with Gasteiger partial charge in [0.1, 0.15) is 5.67 Å². The van der Waals surface area contributed by atoms with Crippen molar-refractivity contribution in [2.75, 3.05) is 0 Å². The maximum atomic E-state index is 13.4. The topological polar surface area (TPSA) is 0 Å². The Morgan fingerprint density at radius 1 is 1.25 bits per heavy atom. The molecule has 1 heteroatoms. The second-order valence-electron chi connectivity index (χ2n) is 4.96. The van der Waals surface area contributed by atoms with E-state index >= 15 is 0 Å². The Balaban J connectivity index is 4.08. The van der Waals surface area contributed by atoms with E-state index in [4.69, 9.17) is 1.37 Å². The number of hydrogen-bond donors (Lipinski definition) is 0. The highest BCUT2D eigenvalue weighted by Crippen LogP contribution is 2.34. The third kappa shape index (κ3) is 6.63. The van der Waals surface area contributed by atoms with Gasteiger partial charge in [0.25, 0.3) is 0 Å². The molecule has 0 nitrogen and oxygen atoms in total. The molecule has 0 aromatic heterocycles. The summed E-state index contributed by atoms with van der Waals surface area (Å²) in [4.78, 5) is 0. The molecule has 1 unspecified atom stereocenters. The number of alkyl halides is 1. The zero-order chi connectivity index (χ0) is 10.7. The van der Waals surface area contributed by atoms with Crippen LogP contribution in [0.25, 0.3) is 0 Å². The molecule has 0 fully saturated rings. The normalized spacial score (nSPS) is 17.3. The molecule has 0 spiro atoms. The van der Waals surface area contributed by atoms with E-state index in [0.717, 1.165) is 12.8 Å². The number of hydrogen-bond acceptors (Lipinski definition) is 0. The molecule has 0 saturated heterocycles. The van der Waals surface area contributed by atoms with Crippen molar-refractivity contribution in [3.8, 4) is 0 Å². The van der Waals surface area contributed by atoms with Gasteiger partial charge in [0.2, 0.25) is 0 Å². The molecule has 12 heavy (non-hydrogen) atoms. The Morgan fingerprint density at radius 2 is 1.75 bits per heavy atom. The quantitative estimate of drug-likeness (QED) is 0.583. The zero-order valence-electron chi connectivity index (χ0n) is 10.1. The molecular weight excluding hydrogens is 151 g/mol. The maximum absolute atomic E-state index is 13.4. The molecular formula is C11H23F. The van der Waals surface area contributed by atoms with Gasteiger partial charge in [-0.2, -0.15) is 0 Å². The third-order valence-corrected chi connectivity index (χ3v) is 1.88. The molecule has 0 N–H and O–H groups in total. The molecule has 0 amide bonds. The summed E-state index contributed by atoms with van der Waals surface area (Å²) in [6.07, 6.45) is 2.14. The largest absolute Gasteiger partial charge is 0.244 e. The van der Waals surface area contributed by atoms with E-state index in [1.807, 2.05) is 20.8 Å². The summed E-state index contributed by atoms with van der Waals surface area (Å²) >= 11 is 0. The lowest BCUT2D eigenvalue weighted by Crippen LogP contribution is -2.24. The second kappa shape index (κ2) is 4.25. The maximum Gasteiger partial charge on any atom is 0.106 e. The van der Waals surface area contributed by atoms with Crippen LogP contribution in [-0.2, 0) is 0 Å². The molecule has 0 aromatic rings.